The summed E-state index contributed by atoms with van der Waals surface area (Å²) in [7, 11) is 0. The minimum absolute atomic E-state index is 0.426. The minimum atomic E-state index is -0.713. The van der Waals surface area contributed by atoms with E-state index < -0.39 is 17.5 Å². The molecule has 3 nitrogen and oxygen atoms in total. The monoisotopic (exact) mass is 228 g/mol. The summed E-state index contributed by atoms with van der Waals surface area (Å²) in [6, 6.07) is 0. The lowest BCUT2D eigenvalue weighted by molar-refractivity contribution is -0.154. The second kappa shape index (κ2) is 5.67. The van der Waals surface area contributed by atoms with Gasteiger partial charge in [0.05, 0.1) is 11.5 Å². The van der Waals surface area contributed by atoms with Crippen LogP contribution in [0.25, 0.3) is 0 Å². The number of hydrogen-bond donors (Lipinski definition) is 2. The van der Waals surface area contributed by atoms with E-state index in [4.69, 9.17) is 0 Å². The van der Waals surface area contributed by atoms with E-state index in [0.717, 1.165) is 32.1 Å². The molecule has 3 heteroatoms. The van der Waals surface area contributed by atoms with Crippen LogP contribution in [0.15, 0.2) is 0 Å². The fraction of sp³-hybridized carbons (Fsp3) is 0.923. The molecule has 1 unspecified atom stereocenters. The van der Waals surface area contributed by atoms with Crippen LogP contribution in [0.4, 0.5) is 0 Å². The summed E-state index contributed by atoms with van der Waals surface area (Å²) in [5, 5.41) is 19.1. The molecule has 0 aromatic heterocycles. The van der Waals surface area contributed by atoms with Crippen LogP contribution in [-0.4, -0.2) is 22.3 Å². The van der Waals surface area contributed by atoms with Crippen LogP contribution in [0.3, 0.4) is 0 Å². The number of carboxylic acid groups (broad SMARTS) is 1. The maximum Gasteiger partial charge on any atom is 0.309 e. The van der Waals surface area contributed by atoms with Crippen molar-refractivity contribution in [2.45, 2.75) is 64.9 Å². The molecule has 16 heavy (non-hydrogen) atoms. The molecule has 0 bridgehead atoms. The summed E-state index contributed by atoms with van der Waals surface area (Å²) in [5.74, 6) is -0.0270. The molecule has 0 aromatic carbocycles. The van der Waals surface area contributed by atoms with Crippen molar-refractivity contribution in [2.24, 2.45) is 11.3 Å². The molecule has 2 N–H and O–H groups in total. The van der Waals surface area contributed by atoms with Crippen molar-refractivity contribution >= 4 is 5.97 Å². The topological polar surface area (TPSA) is 57.5 Å². The van der Waals surface area contributed by atoms with E-state index in [9.17, 15) is 15.0 Å². The van der Waals surface area contributed by atoms with E-state index in [1.165, 1.54) is 0 Å². The van der Waals surface area contributed by atoms with Gasteiger partial charge in [0.1, 0.15) is 0 Å². The lowest BCUT2D eigenvalue weighted by Gasteiger charge is -2.37. The summed E-state index contributed by atoms with van der Waals surface area (Å²) in [6.45, 7) is 4.07. The Morgan fingerprint density at radius 1 is 1.38 bits per heavy atom. The fourth-order valence-electron chi connectivity index (χ4n) is 2.74. The quantitative estimate of drug-likeness (QED) is 0.760. The molecule has 1 aliphatic carbocycles. The Kier molecular flexibility index (Phi) is 4.78. The summed E-state index contributed by atoms with van der Waals surface area (Å²) in [6.07, 6.45) is 5.22. The van der Waals surface area contributed by atoms with Gasteiger partial charge in [-0.15, -0.1) is 0 Å². The van der Waals surface area contributed by atoms with E-state index in [1.54, 1.807) is 0 Å². The normalized spacial score (nSPS) is 32.3. The molecular weight excluding hydrogens is 204 g/mol. The van der Waals surface area contributed by atoms with Gasteiger partial charge in [0.2, 0.25) is 0 Å². The number of carbonyl (C=O) groups is 1. The van der Waals surface area contributed by atoms with Crippen LogP contribution in [0, 0.1) is 11.3 Å². The standard InChI is InChI=1S/C13H24O3/c1-3-10-5-7-13(8-6-10,12(15)16)9-11(14)4-2/h10-11,14H,3-9H2,1-2H3,(H,15,16). The van der Waals surface area contributed by atoms with E-state index in [0.29, 0.717) is 18.8 Å². The molecule has 1 rings (SSSR count). The van der Waals surface area contributed by atoms with Crippen molar-refractivity contribution in [1.29, 1.82) is 0 Å². The Balaban J connectivity index is 2.65. The molecule has 1 fully saturated rings. The van der Waals surface area contributed by atoms with Crippen molar-refractivity contribution in [1.82, 2.24) is 0 Å². The van der Waals surface area contributed by atoms with Gasteiger partial charge in [0.25, 0.3) is 0 Å². The lowest BCUT2D eigenvalue weighted by atomic mass is 9.67. The third-order valence-electron chi connectivity index (χ3n) is 4.19. The van der Waals surface area contributed by atoms with Crippen molar-refractivity contribution in [2.75, 3.05) is 0 Å². The largest absolute Gasteiger partial charge is 0.481 e. The van der Waals surface area contributed by atoms with E-state index in [2.05, 4.69) is 6.92 Å². The second-order valence-corrected chi connectivity index (χ2v) is 5.20. The van der Waals surface area contributed by atoms with E-state index in [-0.39, 0.29) is 0 Å². The Morgan fingerprint density at radius 2 is 1.94 bits per heavy atom. The lowest BCUT2D eigenvalue weighted by Crippen LogP contribution is -2.38. The van der Waals surface area contributed by atoms with E-state index in [1.807, 2.05) is 6.92 Å². The molecule has 0 aromatic rings. The van der Waals surface area contributed by atoms with Crippen LogP contribution in [0.1, 0.15) is 58.8 Å². The molecule has 0 saturated heterocycles. The fourth-order valence-corrected chi connectivity index (χ4v) is 2.74. The van der Waals surface area contributed by atoms with Gasteiger partial charge >= 0.3 is 5.97 Å². The van der Waals surface area contributed by atoms with Crippen LogP contribution >= 0.6 is 0 Å². The first-order chi connectivity index (χ1) is 7.54. The predicted molar refractivity (Wildman–Crippen MR) is 63.2 cm³/mol. The molecule has 0 spiro atoms. The molecule has 0 aliphatic heterocycles. The summed E-state index contributed by atoms with van der Waals surface area (Å²) >= 11 is 0. The van der Waals surface area contributed by atoms with Crippen LogP contribution in [0.5, 0.6) is 0 Å². The van der Waals surface area contributed by atoms with Crippen LogP contribution in [-0.2, 0) is 4.79 Å². The highest BCUT2D eigenvalue weighted by atomic mass is 16.4. The first-order valence-corrected chi connectivity index (χ1v) is 6.45. The predicted octanol–water partition coefficient (Wildman–Crippen LogP) is 2.82. The van der Waals surface area contributed by atoms with Gasteiger partial charge in [-0.1, -0.05) is 20.3 Å². The molecule has 1 saturated carbocycles. The van der Waals surface area contributed by atoms with Gasteiger partial charge in [-0.3, -0.25) is 4.79 Å². The van der Waals surface area contributed by atoms with E-state index >= 15 is 0 Å². The highest BCUT2D eigenvalue weighted by Gasteiger charge is 2.42. The van der Waals surface area contributed by atoms with Gasteiger partial charge in [0, 0.05) is 0 Å². The molecule has 1 aliphatic rings. The number of carboxylic acids is 1. The Hall–Kier alpha value is -0.570. The van der Waals surface area contributed by atoms with Crippen molar-refractivity contribution < 1.29 is 15.0 Å². The third kappa shape index (κ3) is 2.97. The van der Waals surface area contributed by atoms with Gasteiger partial charge in [0.15, 0.2) is 0 Å². The van der Waals surface area contributed by atoms with Crippen molar-refractivity contribution in [3.63, 3.8) is 0 Å². The number of hydrogen-bond acceptors (Lipinski definition) is 2. The average Bonchev–Trinajstić information content (AvgIpc) is 2.29. The highest BCUT2D eigenvalue weighted by molar-refractivity contribution is 5.74. The van der Waals surface area contributed by atoms with Crippen LogP contribution < -0.4 is 0 Å². The van der Waals surface area contributed by atoms with Crippen LogP contribution in [0.2, 0.25) is 0 Å². The van der Waals surface area contributed by atoms with Crippen molar-refractivity contribution in [3.05, 3.63) is 0 Å². The Labute approximate surface area is 97.9 Å². The summed E-state index contributed by atoms with van der Waals surface area (Å²) in [5.41, 5.74) is -0.652. The maximum absolute atomic E-state index is 11.4. The van der Waals surface area contributed by atoms with Gasteiger partial charge in [-0.05, 0) is 44.4 Å². The zero-order valence-electron chi connectivity index (χ0n) is 10.4. The van der Waals surface area contributed by atoms with Gasteiger partial charge in [-0.2, -0.15) is 0 Å². The number of aliphatic carboxylic acids is 1. The van der Waals surface area contributed by atoms with Crippen molar-refractivity contribution in [3.8, 4) is 0 Å². The Bertz CT molecular complexity index is 229. The maximum atomic E-state index is 11.4. The highest BCUT2D eigenvalue weighted by Crippen LogP contribution is 2.43. The summed E-state index contributed by atoms with van der Waals surface area (Å²) < 4.78 is 0. The number of rotatable bonds is 5. The molecule has 1 atom stereocenters. The molecule has 0 radical (unpaired) electrons. The zero-order chi connectivity index (χ0) is 12.2. The Morgan fingerprint density at radius 3 is 2.31 bits per heavy atom. The first kappa shape index (κ1) is 13.5. The molecular formula is C13H24O3. The number of aliphatic hydroxyl groups is 1. The SMILES string of the molecule is CCC(O)CC1(C(=O)O)CCC(CC)CC1. The molecule has 0 amide bonds. The average molecular weight is 228 g/mol. The molecule has 0 heterocycles. The first-order valence-electron chi connectivity index (χ1n) is 6.45. The van der Waals surface area contributed by atoms with Gasteiger partial charge in [-0.25, -0.2) is 0 Å². The number of aliphatic hydroxyl groups excluding tert-OH is 1. The molecule has 94 valence electrons. The smallest absolute Gasteiger partial charge is 0.309 e. The second-order valence-electron chi connectivity index (χ2n) is 5.20. The zero-order valence-corrected chi connectivity index (χ0v) is 10.4. The summed E-state index contributed by atoms with van der Waals surface area (Å²) in [4.78, 5) is 11.4. The third-order valence-corrected chi connectivity index (χ3v) is 4.19. The van der Waals surface area contributed by atoms with Gasteiger partial charge < -0.3 is 10.2 Å². The minimum Gasteiger partial charge on any atom is -0.481 e.